The van der Waals surface area contributed by atoms with E-state index < -0.39 is 9.84 Å². The average Bonchev–Trinajstić information content (AvgIpc) is 2.73. The molecule has 0 radical (unpaired) electrons. The number of hydrogen-bond donors (Lipinski definition) is 1. The molecule has 0 spiro atoms. The molecule has 0 aliphatic heterocycles. The van der Waals surface area contributed by atoms with Crippen LogP contribution in [-0.4, -0.2) is 20.7 Å². The summed E-state index contributed by atoms with van der Waals surface area (Å²) in [6.45, 7) is 5.59. The second kappa shape index (κ2) is 7.59. The van der Waals surface area contributed by atoms with Gasteiger partial charge < -0.3 is 9.73 Å². The number of hydrogen-bond acceptors (Lipinski definition) is 4. The van der Waals surface area contributed by atoms with E-state index in [0.717, 1.165) is 31.6 Å². The van der Waals surface area contributed by atoms with Crippen LogP contribution in [0.1, 0.15) is 44.6 Å². The van der Waals surface area contributed by atoms with Gasteiger partial charge in [0.05, 0.1) is 12.3 Å². The minimum atomic E-state index is -3.03. The highest BCUT2D eigenvalue weighted by Crippen LogP contribution is 2.13. The molecular formula is C13H23NO3S. The summed E-state index contributed by atoms with van der Waals surface area (Å²) >= 11 is 0. The van der Waals surface area contributed by atoms with Gasteiger partial charge in [-0.1, -0.05) is 26.7 Å². The Bertz CT molecular complexity index is 437. The first-order valence-corrected chi connectivity index (χ1v) is 8.38. The molecule has 1 heterocycles. The third-order valence-corrected chi connectivity index (χ3v) is 4.32. The van der Waals surface area contributed by atoms with Crippen molar-refractivity contribution in [3.8, 4) is 0 Å². The van der Waals surface area contributed by atoms with E-state index in [9.17, 15) is 8.42 Å². The topological polar surface area (TPSA) is 59.3 Å². The molecule has 1 aromatic rings. The van der Waals surface area contributed by atoms with Crippen molar-refractivity contribution in [1.82, 2.24) is 5.32 Å². The van der Waals surface area contributed by atoms with E-state index in [1.165, 1.54) is 0 Å². The molecule has 1 aromatic heterocycles. The Labute approximate surface area is 110 Å². The molecule has 0 aromatic carbocycles. The normalized spacial score (nSPS) is 11.9. The van der Waals surface area contributed by atoms with Crippen LogP contribution in [0.5, 0.6) is 0 Å². The highest BCUT2D eigenvalue weighted by Gasteiger charge is 2.14. The molecule has 0 atom stereocenters. The van der Waals surface area contributed by atoms with Crippen LogP contribution in [-0.2, 0) is 22.1 Å². The van der Waals surface area contributed by atoms with E-state index in [-0.39, 0.29) is 11.5 Å². The van der Waals surface area contributed by atoms with E-state index in [1.807, 2.05) is 13.0 Å². The summed E-state index contributed by atoms with van der Waals surface area (Å²) in [7, 11) is -3.03. The Hall–Kier alpha value is -0.810. The Morgan fingerprint density at radius 2 is 1.89 bits per heavy atom. The van der Waals surface area contributed by atoms with Gasteiger partial charge in [0.2, 0.25) is 0 Å². The maximum Gasteiger partial charge on any atom is 0.157 e. The Kier molecular flexibility index (Phi) is 6.43. The van der Waals surface area contributed by atoms with Gasteiger partial charge in [0.1, 0.15) is 17.3 Å². The summed E-state index contributed by atoms with van der Waals surface area (Å²) in [5, 5.41) is 3.14. The minimum absolute atomic E-state index is 0.0167. The number of furan rings is 1. The number of unbranched alkanes of at least 4 members (excludes halogenated alkanes) is 2. The van der Waals surface area contributed by atoms with Gasteiger partial charge in [-0.15, -0.1) is 0 Å². The molecule has 1 N–H and O–H groups in total. The predicted octanol–water partition coefficient (Wildman–Crippen LogP) is 2.49. The Morgan fingerprint density at radius 3 is 2.56 bits per heavy atom. The van der Waals surface area contributed by atoms with Gasteiger partial charge in [-0.25, -0.2) is 8.42 Å². The molecule has 5 heteroatoms. The third kappa shape index (κ3) is 5.69. The molecule has 4 nitrogen and oxygen atoms in total. The van der Waals surface area contributed by atoms with Gasteiger partial charge >= 0.3 is 0 Å². The molecule has 0 unspecified atom stereocenters. The van der Waals surface area contributed by atoms with Gasteiger partial charge in [0.25, 0.3) is 0 Å². The predicted molar refractivity (Wildman–Crippen MR) is 73.1 cm³/mol. The minimum Gasteiger partial charge on any atom is -0.464 e. The van der Waals surface area contributed by atoms with Gasteiger partial charge in [0, 0.05) is 0 Å². The summed E-state index contributed by atoms with van der Waals surface area (Å²) in [5.74, 6) is 1.60. The van der Waals surface area contributed by atoms with Crippen molar-refractivity contribution in [3.05, 3.63) is 23.7 Å². The van der Waals surface area contributed by atoms with Crippen molar-refractivity contribution in [2.75, 3.05) is 12.3 Å². The van der Waals surface area contributed by atoms with Gasteiger partial charge in [-0.3, -0.25) is 0 Å². The molecule has 0 aliphatic carbocycles. The molecular weight excluding hydrogens is 250 g/mol. The molecule has 1 rings (SSSR count). The van der Waals surface area contributed by atoms with Crippen LogP contribution >= 0.6 is 0 Å². The maximum absolute atomic E-state index is 11.8. The zero-order valence-corrected chi connectivity index (χ0v) is 12.1. The van der Waals surface area contributed by atoms with Crippen molar-refractivity contribution < 1.29 is 12.8 Å². The van der Waals surface area contributed by atoms with Crippen molar-refractivity contribution in [2.45, 2.75) is 45.4 Å². The zero-order valence-electron chi connectivity index (χ0n) is 11.2. The molecule has 0 aliphatic rings. The average molecular weight is 273 g/mol. The van der Waals surface area contributed by atoms with Crippen molar-refractivity contribution in [2.24, 2.45) is 0 Å². The molecule has 0 bridgehead atoms. The van der Waals surface area contributed by atoms with Crippen molar-refractivity contribution >= 4 is 9.84 Å². The van der Waals surface area contributed by atoms with Gasteiger partial charge in [-0.2, -0.15) is 0 Å². The zero-order chi connectivity index (χ0) is 13.4. The molecule has 0 saturated heterocycles. The summed E-state index contributed by atoms with van der Waals surface area (Å²) < 4.78 is 29.1. The lowest BCUT2D eigenvalue weighted by Gasteiger charge is -2.02. The lowest BCUT2D eigenvalue weighted by molar-refractivity contribution is 0.459. The van der Waals surface area contributed by atoms with Crippen LogP contribution in [0.4, 0.5) is 0 Å². The Morgan fingerprint density at radius 1 is 1.17 bits per heavy atom. The fourth-order valence-electron chi connectivity index (χ4n) is 1.70. The smallest absolute Gasteiger partial charge is 0.157 e. The lowest BCUT2D eigenvalue weighted by atomic mass is 10.3. The summed E-state index contributed by atoms with van der Waals surface area (Å²) in [5.41, 5.74) is 0. The van der Waals surface area contributed by atoms with Crippen LogP contribution in [0.25, 0.3) is 0 Å². The first kappa shape index (κ1) is 15.2. The fraction of sp³-hybridized carbons (Fsp3) is 0.692. The number of sulfone groups is 1. The first-order valence-electron chi connectivity index (χ1n) is 6.56. The highest BCUT2D eigenvalue weighted by molar-refractivity contribution is 7.90. The standard InChI is InChI=1S/C13H23NO3S/c1-3-5-6-9-18(15,16)11-13-8-7-12(17-13)10-14-4-2/h7-8,14H,3-6,9-11H2,1-2H3. The third-order valence-electron chi connectivity index (χ3n) is 2.69. The van der Waals surface area contributed by atoms with E-state index in [2.05, 4.69) is 12.2 Å². The fourth-order valence-corrected chi connectivity index (χ4v) is 3.08. The Balaban J connectivity index is 2.48. The summed E-state index contributed by atoms with van der Waals surface area (Å²) in [6, 6.07) is 3.59. The molecule has 0 amide bonds. The monoisotopic (exact) mass is 273 g/mol. The van der Waals surface area contributed by atoms with Crippen LogP contribution in [0.2, 0.25) is 0 Å². The number of nitrogens with one attached hydrogen (secondary N) is 1. The summed E-state index contributed by atoms with van der Waals surface area (Å²) in [4.78, 5) is 0. The summed E-state index contributed by atoms with van der Waals surface area (Å²) in [6.07, 6.45) is 2.73. The molecule has 0 fully saturated rings. The van der Waals surface area contributed by atoms with E-state index in [4.69, 9.17) is 4.42 Å². The van der Waals surface area contributed by atoms with Crippen molar-refractivity contribution in [3.63, 3.8) is 0 Å². The first-order chi connectivity index (χ1) is 8.57. The second-order valence-electron chi connectivity index (χ2n) is 4.45. The van der Waals surface area contributed by atoms with Crippen LogP contribution in [0.3, 0.4) is 0 Å². The van der Waals surface area contributed by atoms with E-state index >= 15 is 0 Å². The second-order valence-corrected chi connectivity index (χ2v) is 6.63. The lowest BCUT2D eigenvalue weighted by Crippen LogP contribution is -2.11. The molecule has 18 heavy (non-hydrogen) atoms. The van der Waals surface area contributed by atoms with E-state index in [0.29, 0.717) is 12.3 Å². The van der Waals surface area contributed by atoms with Crippen LogP contribution in [0, 0.1) is 0 Å². The van der Waals surface area contributed by atoms with Gasteiger partial charge in [-0.05, 0) is 25.1 Å². The largest absolute Gasteiger partial charge is 0.464 e. The highest BCUT2D eigenvalue weighted by atomic mass is 32.2. The number of rotatable bonds is 9. The van der Waals surface area contributed by atoms with E-state index in [1.54, 1.807) is 6.07 Å². The quantitative estimate of drug-likeness (QED) is 0.702. The SMILES string of the molecule is CCCCCS(=O)(=O)Cc1ccc(CNCC)o1. The van der Waals surface area contributed by atoms with Crippen LogP contribution < -0.4 is 5.32 Å². The van der Waals surface area contributed by atoms with Crippen molar-refractivity contribution in [1.29, 1.82) is 0 Å². The maximum atomic E-state index is 11.8. The van der Waals surface area contributed by atoms with Crippen LogP contribution in [0.15, 0.2) is 16.5 Å². The molecule has 0 saturated carbocycles. The van der Waals surface area contributed by atoms with Gasteiger partial charge in [0.15, 0.2) is 9.84 Å². The molecule has 104 valence electrons.